The van der Waals surface area contributed by atoms with Gasteiger partial charge in [-0.25, -0.2) is 4.39 Å². The first-order chi connectivity index (χ1) is 9.47. The van der Waals surface area contributed by atoms with Gasteiger partial charge in [-0.3, -0.25) is 14.9 Å². The highest BCUT2D eigenvalue weighted by molar-refractivity contribution is 6.30. The molecule has 2 aromatic carbocycles. The van der Waals surface area contributed by atoms with Gasteiger partial charge in [-0.15, -0.1) is 0 Å². The van der Waals surface area contributed by atoms with E-state index in [0.29, 0.717) is 5.02 Å². The summed E-state index contributed by atoms with van der Waals surface area (Å²) in [7, 11) is 0. The molecule has 1 amide bonds. The highest BCUT2D eigenvalue weighted by Gasteiger charge is 2.14. The first-order valence-corrected chi connectivity index (χ1v) is 5.86. The lowest BCUT2D eigenvalue weighted by Gasteiger charge is -2.06. The Kier molecular flexibility index (Phi) is 3.95. The zero-order chi connectivity index (χ0) is 14.7. The minimum Gasteiger partial charge on any atom is -0.319 e. The number of non-ortho nitro benzene ring substituents is 1. The molecule has 0 fully saturated rings. The van der Waals surface area contributed by atoms with Gasteiger partial charge >= 0.3 is 0 Å². The van der Waals surface area contributed by atoms with Crippen LogP contribution in [-0.2, 0) is 0 Å². The van der Waals surface area contributed by atoms with E-state index in [9.17, 15) is 19.3 Å². The summed E-state index contributed by atoms with van der Waals surface area (Å²) in [5.74, 6) is -1.33. The molecule has 0 bridgehead atoms. The highest BCUT2D eigenvalue weighted by atomic mass is 35.5. The van der Waals surface area contributed by atoms with Crippen LogP contribution in [0.3, 0.4) is 0 Å². The number of nitro groups is 1. The second-order valence-corrected chi connectivity index (χ2v) is 4.32. The van der Waals surface area contributed by atoms with E-state index in [1.165, 1.54) is 24.3 Å². The van der Waals surface area contributed by atoms with Crippen LogP contribution in [0.4, 0.5) is 15.8 Å². The summed E-state index contributed by atoms with van der Waals surface area (Å²) < 4.78 is 13.5. The van der Waals surface area contributed by atoms with Gasteiger partial charge in [0, 0.05) is 22.7 Å². The molecule has 0 atom stereocenters. The molecule has 0 radical (unpaired) electrons. The molecule has 0 aliphatic carbocycles. The lowest BCUT2D eigenvalue weighted by Crippen LogP contribution is -2.13. The standard InChI is InChI=1S/C13H8ClFN2O3/c14-9-3-1-8(2-4-9)13(18)16-12-7-10(17(19)20)5-6-11(12)15/h1-7H,(H,16,18). The molecule has 0 aliphatic rings. The lowest BCUT2D eigenvalue weighted by molar-refractivity contribution is -0.384. The van der Waals surface area contributed by atoms with Crippen LogP contribution in [0, 0.1) is 15.9 Å². The highest BCUT2D eigenvalue weighted by Crippen LogP contribution is 2.22. The predicted molar refractivity (Wildman–Crippen MR) is 72.5 cm³/mol. The van der Waals surface area contributed by atoms with Gasteiger partial charge in [0.25, 0.3) is 11.6 Å². The maximum Gasteiger partial charge on any atom is 0.271 e. The molecule has 7 heteroatoms. The van der Waals surface area contributed by atoms with Gasteiger partial charge in [-0.05, 0) is 30.3 Å². The quantitative estimate of drug-likeness (QED) is 0.694. The summed E-state index contributed by atoms with van der Waals surface area (Å²) in [6.45, 7) is 0. The van der Waals surface area contributed by atoms with Gasteiger partial charge in [-0.1, -0.05) is 11.6 Å². The van der Waals surface area contributed by atoms with E-state index in [4.69, 9.17) is 11.6 Å². The molecule has 102 valence electrons. The van der Waals surface area contributed by atoms with Crippen molar-refractivity contribution in [3.05, 3.63) is 69.0 Å². The van der Waals surface area contributed by atoms with Crippen molar-refractivity contribution < 1.29 is 14.1 Å². The number of anilines is 1. The first-order valence-electron chi connectivity index (χ1n) is 5.48. The average Bonchev–Trinajstić information content (AvgIpc) is 2.41. The zero-order valence-corrected chi connectivity index (χ0v) is 10.7. The van der Waals surface area contributed by atoms with E-state index < -0.39 is 16.6 Å². The van der Waals surface area contributed by atoms with Crippen LogP contribution < -0.4 is 5.32 Å². The van der Waals surface area contributed by atoms with E-state index in [1.807, 2.05) is 0 Å². The number of halogens is 2. The Hall–Kier alpha value is -2.47. The summed E-state index contributed by atoms with van der Waals surface area (Å²) in [4.78, 5) is 21.8. The van der Waals surface area contributed by atoms with Crippen molar-refractivity contribution in [3.8, 4) is 0 Å². The van der Waals surface area contributed by atoms with Gasteiger partial charge in [-0.2, -0.15) is 0 Å². The molecule has 0 heterocycles. The normalized spacial score (nSPS) is 10.1. The molecule has 0 saturated heterocycles. The number of hydrogen-bond acceptors (Lipinski definition) is 3. The predicted octanol–water partition coefficient (Wildman–Crippen LogP) is 3.64. The van der Waals surface area contributed by atoms with E-state index >= 15 is 0 Å². The second kappa shape index (κ2) is 5.66. The SMILES string of the molecule is O=C(Nc1cc([N+](=O)[O-])ccc1F)c1ccc(Cl)cc1. The molecular formula is C13H8ClFN2O3. The van der Waals surface area contributed by atoms with Crippen molar-refractivity contribution in [2.75, 3.05) is 5.32 Å². The number of benzene rings is 2. The number of amides is 1. The Bertz CT molecular complexity index is 674. The third kappa shape index (κ3) is 3.10. The lowest BCUT2D eigenvalue weighted by atomic mass is 10.2. The summed E-state index contributed by atoms with van der Waals surface area (Å²) in [5.41, 5.74) is -0.294. The van der Waals surface area contributed by atoms with Gasteiger partial charge in [0.05, 0.1) is 10.6 Å². The van der Waals surface area contributed by atoms with Gasteiger partial charge in [0.1, 0.15) is 5.82 Å². The molecule has 2 aromatic rings. The number of rotatable bonds is 3. The Balaban J connectivity index is 2.25. The van der Waals surface area contributed by atoms with Crippen molar-refractivity contribution >= 4 is 28.9 Å². The van der Waals surface area contributed by atoms with Crippen LogP contribution in [0.25, 0.3) is 0 Å². The molecule has 2 rings (SSSR count). The number of hydrogen-bond donors (Lipinski definition) is 1. The van der Waals surface area contributed by atoms with Crippen molar-refractivity contribution in [2.24, 2.45) is 0 Å². The van der Waals surface area contributed by atoms with Crippen molar-refractivity contribution in [1.29, 1.82) is 0 Å². The third-order valence-corrected chi connectivity index (χ3v) is 2.77. The van der Waals surface area contributed by atoms with Crippen LogP contribution in [0.5, 0.6) is 0 Å². The number of nitrogens with one attached hydrogen (secondary N) is 1. The monoisotopic (exact) mass is 294 g/mol. The molecule has 20 heavy (non-hydrogen) atoms. The number of nitro benzene ring substituents is 1. The maximum atomic E-state index is 13.5. The molecular weight excluding hydrogens is 287 g/mol. The Morgan fingerprint density at radius 2 is 1.85 bits per heavy atom. The Labute approximate surface area is 118 Å². The van der Waals surface area contributed by atoms with Crippen molar-refractivity contribution in [2.45, 2.75) is 0 Å². The maximum absolute atomic E-state index is 13.5. The zero-order valence-electron chi connectivity index (χ0n) is 9.97. The summed E-state index contributed by atoms with van der Waals surface area (Å²) in [6, 6.07) is 8.87. The van der Waals surface area contributed by atoms with Crippen molar-refractivity contribution in [3.63, 3.8) is 0 Å². The minimum atomic E-state index is -0.752. The van der Waals surface area contributed by atoms with E-state index in [-0.39, 0.29) is 16.9 Å². The smallest absolute Gasteiger partial charge is 0.271 e. The summed E-state index contributed by atoms with van der Waals surface area (Å²) in [6.07, 6.45) is 0. The summed E-state index contributed by atoms with van der Waals surface area (Å²) >= 11 is 5.69. The number of carbonyl (C=O) groups excluding carboxylic acids is 1. The Morgan fingerprint density at radius 3 is 2.45 bits per heavy atom. The minimum absolute atomic E-state index is 0.251. The van der Waals surface area contributed by atoms with E-state index in [0.717, 1.165) is 18.2 Å². The summed E-state index contributed by atoms with van der Waals surface area (Å²) in [5, 5.41) is 13.4. The van der Waals surface area contributed by atoms with Crippen LogP contribution in [0.2, 0.25) is 5.02 Å². The third-order valence-electron chi connectivity index (χ3n) is 2.52. The van der Waals surface area contributed by atoms with Gasteiger partial charge in [0.15, 0.2) is 0 Å². The molecule has 0 unspecified atom stereocenters. The average molecular weight is 295 g/mol. The molecule has 0 aromatic heterocycles. The van der Waals surface area contributed by atoms with E-state index in [1.54, 1.807) is 0 Å². The fourth-order valence-electron chi connectivity index (χ4n) is 1.52. The molecule has 0 aliphatic heterocycles. The van der Waals surface area contributed by atoms with Gasteiger partial charge < -0.3 is 5.32 Å². The molecule has 0 saturated carbocycles. The van der Waals surface area contributed by atoms with Crippen molar-refractivity contribution in [1.82, 2.24) is 0 Å². The van der Waals surface area contributed by atoms with Crippen LogP contribution in [0.1, 0.15) is 10.4 Å². The second-order valence-electron chi connectivity index (χ2n) is 3.88. The molecule has 1 N–H and O–H groups in total. The van der Waals surface area contributed by atoms with Gasteiger partial charge in [0.2, 0.25) is 0 Å². The largest absolute Gasteiger partial charge is 0.319 e. The molecule has 5 nitrogen and oxygen atoms in total. The van der Waals surface area contributed by atoms with Crippen LogP contribution in [0.15, 0.2) is 42.5 Å². The Morgan fingerprint density at radius 1 is 1.20 bits per heavy atom. The first kappa shape index (κ1) is 14.0. The molecule has 0 spiro atoms. The fourth-order valence-corrected chi connectivity index (χ4v) is 1.64. The fraction of sp³-hybridized carbons (Fsp3) is 0. The topological polar surface area (TPSA) is 72.2 Å². The van der Waals surface area contributed by atoms with E-state index in [2.05, 4.69) is 5.32 Å². The number of nitrogens with zero attached hydrogens (tertiary/aromatic N) is 1. The number of carbonyl (C=O) groups is 1. The van der Waals surface area contributed by atoms with Crippen LogP contribution in [-0.4, -0.2) is 10.8 Å². The van der Waals surface area contributed by atoms with Crippen LogP contribution >= 0.6 is 11.6 Å².